The van der Waals surface area contributed by atoms with Gasteiger partial charge in [0.2, 0.25) is 0 Å². The number of hydrogen-bond acceptors (Lipinski definition) is 6. The average Bonchev–Trinajstić information content (AvgIpc) is 3.08. The molecule has 168 valence electrons. The minimum Gasteiger partial charge on any atom is -0.372 e. The van der Waals surface area contributed by atoms with E-state index in [1.54, 1.807) is 24.3 Å². The lowest BCUT2D eigenvalue weighted by molar-refractivity contribution is 0.0304. The summed E-state index contributed by atoms with van der Waals surface area (Å²) < 4.78 is 24.5. The first-order chi connectivity index (χ1) is 15.4. The van der Waals surface area contributed by atoms with Crippen LogP contribution in [0, 0.1) is 18.7 Å². The maximum Gasteiger partial charge on any atom is 0.439 e. The van der Waals surface area contributed by atoms with E-state index in [0.717, 1.165) is 5.56 Å². The number of nitrogens with zero attached hydrogens (tertiary/aromatic N) is 1. The van der Waals surface area contributed by atoms with Crippen LogP contribution in [0.15, 0.2) is 45.7 Å². The zero-order chi connectivity index (χ0) is 22.7. The van der Waals surface area contributed by atoms with Gasteiger partial charge in [0.1, 0.15) is 5.82 Å². The SMILES string of the molecule is Cc1ccc(-c2noc(=O)[nH]2)cc1C(=O)NC[C@@H]1CNCCO[C@H]1c1ccc(Cl)c(F)c1. The van der Waals surface area contributed by atoms with E-state index in [2.05, 4.69) is 25.3 Å². The molecule has 10 heteroatoms. The number of aryl methyl sites for hydroxylation is 1. The Kier molecular flexibility index (Phi) is 6.69. The largest absolute Gasteiger partial charge is 0.439 e. The molecule has 1 aliphatic heterocycles. The number of rotatable bonds is 5. The zero-order valence-electron chi connectivity index (χ0n) is 17.3. The molecule has 3 N–H and O–H groups in total. The Bertz CT molecular complexity index is 1180. The van der Waals surface area contributed by atoms with Crippen molar-refractivity contribution in [3.05, 3.63) is 74.5 Å². The summed E-state index contributed by atoms with van der Waals surface area (Å²) in [5, 5.41) is 9.95. The zero-order valence-corrected chi connectivity index (χ0v) is 18.0. The fraction of sp³-hybridized carbons (Fsp3) is 0.318. The number of H-pyrrole nitrogens is 1. The van der Waals surface area contributed by atoms with E-state index in [9.17, 15) is 14.0 Å². The van der Waals surface area contributed by atoms with E-state index >= 15 is 0 Å². The second-order valence-corrected chi connectivity index (χ2v) is 8.02. The molecule has 0 spiro atoms. The monoisotopic (exact) mass is 460 g/mol. The maximum atomic E-state index is 14.0. The third-order valence-electron chi connectivity index (χ3n) is 5.40. The normalized spacial score (nSPS) is 18.8. The highest BCUT2D eigenvalue weighted by atomic mass is 35.5. The molecular formula is C22H22ClFN4O4. The van der Waals surface area contributed by atoms with Crippen LogP contribution >= 0.6 is 11.6 Å². The first-order valence-electron chi connectivity index (χ1n) is 10.1. The minimum atomic E-state index is -0.669. The van der Waals surface area contributed by atoms with Crippen LogP contribution < -0.4 is 16.4 Å². The van der Waals surface area contributed by atoms with Gasteiger partial charge in [-0.25, -0.2) is 9.18 Å². The number of aromatic nitrogens is 2. The van der Waals surface area contributed by atoms with E-state index in [1.165, 1.54) is 12.1 Å². The quantitative estimate of drug-likeness (QED) is 0.540. The summed E-state index contributed by atoms with van der Waals surface area (Å²) in [7, 11) is 0. The van der Waals surface area contributed by atoms with Crippen molar-refractivity contribution in [3.8, 4) is 11.4 Å². The summed E-state index contributed by atoms with van der Waals surface area (Å²) in [5.41, 5.74) is 2.44. The van der Waals surface area contributed by atoms with Gasteiger partial charge in [0.15, 0.2) is 5.82 Å². The van der Waals surface area contributed by atoms with Gasteiger partial charge >= 0.3 is 5.76 Å². The number of carbonyl (C=O) groups is 1. The molecule has 8 nitrogen and oxygen atoms in total. The Labute approximate surface area is 188 Å². The molecule has 1 fully saturated rings. The summed E-state index contributed by atoms with van der Waals surface area (Å²) in [4.78, 5) is 26.7. The molecule has 2 aromatic carbocycles. The van der Waals surface area contributed by atoms with Gasteiger partial charge in [0.05, 0.1) is 17.7 Å². The number of aromatic amines is 1. The van der Waals surface area contributed by atoms with Gasteiger partial charge < -0.3 is 15.4 Å². The van der Waals surface area contributed by atoms with Gasteiger partial charge in [-0.3, -0.25) is 14.3 Å². The smallest absolute Gasteiger partial charge is 0.372 e. The molecule has 1 amide bonds. The van der Waals surface area contributed by atoms with Crippen molar-refractivity contribution >= 4 is 17.5 Å². The predicted octanol–water partition coefficient (Wildman–Crippen LogP) is 2.84. The van der Waals surface area contributed by atoms with E-state index < -0.39 is 17.7 Å². The lowest BCUT2D eigenvalue weighted by Crippen LogP contribution is -2.36. The van der Waals surface area contributed by atoms with Gasteiger partial charge in [-0.1, -0.05) is 35.0 Å². The third-order valence-corrected chi connectivity index (χ3v) is 5.71. The molecule has 2 heterocycles. The molecule has 3 aromatic rings. The summed E-state index contributed by atoms with van der Waals surface area (Å²) >= 11 is 5.82. The molecule has 1 saturated heterocycles. The van der Waals surface area contributed by atoms with Gasteiger partial charge in [-0.2, -0.15) is 0 Å². The lowest BCUT2D eigenvalue weighted by Gasteiger charge is -2.25. The number of ether oxygens (including phenoxy) is 1. The minimum absolute atomic E-state index is 0.0502. The molecular weight excluding hydrogens is 439 g/mol. The molecule has 4 rings (SSSR count). The maximum absolute atomic E-state index is 14.0. The number of nitrogens with one attached hydrogen (secondary N) is 3. The molecule has 0 bridgehead atoms. The molecule has 32 heavy (non-hydrogen) atoms. The molecule has 0 saturated carbocycles. The summed E-state index contributed by atoms with van der Waals surface area (Å²) in [6.07, 6.45) is -0.398. The van der Waals surface area contributed by atoms with Crippen LogP contribution in [0.2, 0.25) is 5.02 Å². The Morgan fingerprint density at radius 3 is 2.91 bits per heavy atom. The fourth-order valence-electron chi connectivity index (χ4n) is 3.71. The molecule has 0 unspecified atom stereocenters. The Hall–Kier alpha value is -3.01. The van der Waals surface area contributed by atoms with Crippen LogP contribution in [-0.4, -0.2) is 42.3 Å². The number of hydrogen-bond donors (Lipinski definition) is 3. The van der Waals surface area contributed by atoms with Crippen LogP contribution in [0.25, 0.3) is 11.4 Å². The van der Waals surface area contributed by atoms with Crippen molar-refractivity contribution in [1.82, 2.24) is 20.8 Å². The van der Waals surface area contributed by atoms with E-state index in [1.807, 2.05) is 6.92 Å². The van der Waals surface area contributed by atoms with Crippen LogP contribution in [0.3, 0.4) is 0 Å². The molecule has 1 aliphatic rings. The Morgan fingerprint density at radius 1 is 1.31 bits per heavy atom. The highest BCUT2D eigenvalue weighted by molar-refractivity contribution is 6.30. The van der Waals surface area contributed by atoms with Crippen LogP contribution in [0.1, 0.15) is 27.6 Å². The number of halogens is 2. The van der Waals surface area contributed by atoms with Crippen molar-refractivity contribution in [3.63, 3.8) is 0 Å². The van der Waals surface area contributed by atoms with Gasteiger partial charge in [-0.05, 0) is 36.2 Å². The van der Waals surface area contributed by atoms with Gasteiger partial charge in [0, 0.05) is 36.7 Å². The van der Waals surface area contributed by atoms with Crippen molar-refractivity contribution in [2.75, 3.05) is 26.2 Å². The number of benzene rings is 2. The van der Waals surface area contributed by atoms with Crippen molar-refractivity contribution < 1.29 is 18.4 Å². The Balaban J connectivity index is 1.51. The van der Waals surface area contributed by atoms with E-state index in [0.29, 0.717) is 42.9 Å². The van der Waals surface area contributed by atoms with Crippen molar-refractivity contribution in [2.24, 2.45) is 5.92 Å². The summed E-state index contributed by atoms with van der Waals surface area (Å²) in [6.45, 7) is 3.85. The molecule has 0 aliphatic carbocycles. The number of amides is 1. The van der Waals surface area contributed by atoms with Gasteiger partial charge in [0.25, 0.3) is 5.91 Å². The van der Waals surface area contributed by atoms with Crippen LogP contribution in [0.5, 0.6) is 0 Å². The summed E-state index contributed by atoms with van der Waals surface area (Å²) in [5.74, 6) is -1.34. The van der Waals surface area contributed by atoms with Gasteiger partial charge in [-0.15, -0.1) is 0 Å². The van der Waals surface area contributed by atoms with Crippen LogP contribution in [0.4, 0.5) is 4.39 Å². The third kappa shape index (κ3) is 4.90. The molecule has 0 radical (unpaired) electrons. The first kappa shape index (κ1) is 22.2. The highest BCUT2D eigenvalue weighted by Gasteiger charge is 2.27. The standard InChI is InChI=1S/C22H22ClFN4O4/c1-12-2-3-14(20-27-22(30)32-28-20)8-16(12)21(29)26-11-15-10-25-6-7-31-19(15)13-4-5-17(23)18(24)9-13/h2-5,8-9,15,19,25H,6-7,10-11H2,1H3,(H,26,29)(H,27,28,30)/t15-,19-/m0/s1. The lowest BCUT2D eigenvalue weighted by atomic mass is 9.95. The van der Waals surface area contributed by atoms with E-state index in [-0.39, 0.29) is 22.7 Å². The first-order valence-corrected chi connectivity index (χ1v) is 10.5. The second kappa shape index (κ2) is 9.64. The molecule has 2 atom stereocenters. The highest BCUT2D eigenvalue weighted by Crippen LogP contribution is 2.29. The number of carbonyl (C=O) groups excluding carboxylic acids is 1. The summed E-state index contributed by atoms with van der Waals surface area (Å²) in [6, 6.07) is 9.78. The fourth-order valence-corrected chi connectivity index (χ4v) is 3.83. The second-order valence-electron chi connectivity index (χ2n) is 7.61. The Morgan fingerprint density at radius 2 is 2.16 bits per heavy atom. The topological polar surface area (TPSA) is 109 Å². The van der Waals surface area contributed by atoms with Crippen LogP contribution in [-0.2, 0) is 4.74 Å². The average molecular weight is 461 g/mol. The van der Waals surface area contributed by atoms with Crippen molar-refractivity contribution in [1.29, 1.82) is 0 Å². The molecule has 1 aromatic heterocycles. The predicted molar refractivity (Wildman–Crippen MR) is 116 cm³/mol. The van der Waals surface area contributed by atoms with E-state index in [4.69, 9.17) is 16.3 Å². The van der Waals surface area contributed by atoms with Crippen molar-refractivity contribution in [2.45, 2.75) is 13.0 Å².